The molecular weight excluding hydrogens is 368 g/mol. The molecule has 0 aliphatic heterocycles. The summed E-state index contributed by atoms with van der Waals surface area (Å²) >= 11 is 2.17. The smallest absolute Gasteiger partial charge is 0.185 e. The van der Waals surface area contributed by atoms with Crippen LogP contribution >= 0.6 is 22.6 Å². The van der Waals surface area contributed by atoms with Crippen molar-refractivity contribution in [1.82, 2.24) is 0 Å². The first-order chi connectivity index (χ1) is 9.60. The van der Waals surface area contributed by atoms with Gasteiger partial charge in [-0.25, -0.2) is 4.39 Å². The van der Waals surface area contributed by atoms with Crippen LogP contribution in [0.4, 0.5) is 4.39 Å². The van der Waals surface area contributed by atoms with Gasteiger partial charge in [0.05, 0.1) is 5.56 Å². The van der Waals surface area contributed by atoms with Crippen LogP contribution in [0, 0.1) is 20.7 Å². The summed E-state index contributed by atoms with van der Waals surface area (Å²) < 4.78 is 14.2. The van der Waals surface area contributed by atoms with E-state index in [-0.39, 0.29) is 11.3 Å². The SMILES string of the molecule is N#Cc1cc(C=CC(=O)c2ccc(I)cc2)ccc1F. The lowest BCUT2D eigenvalue weighted by Gasteiger charge is -1.98. The largest absolute Gasteiger partial charge is 0.289 e. The molecule has 20 heavy (non-hydrogen) atoms. The number of nitriles is 1. The third-order valence-corrected chi connectivity index (χ3v) is 3.39. The maximum absolute atomic E-state index is 13.2. The number of allylic oxidation sites excluding steroid dienone is 1. The molecule has 0 radical (unpaired) electrons. The minimum Gasteiger partial charge on any atom is -0.289 e. The standard InChI is InChI=1S/C16H9FINO/c17-15-7-1-11(9-13(15)10-19)2-8-16(20)12-3-5-14(18)6-4-12/h1-9H. The molecule has 0 aliphatic carbocycles. The van der Waals surface area contributed by atoms with E-state index in [1.54, 1.807) is 24.3 Å². The molecule has 2 nitrogen and oxygen atoms in total. The molecule has 0 saturated carbocycles. The molecule has 0 saturated heterocycles. The van der Waals surface area contributed by atoms with Gasteiger partial charge in [0.2, 0.25) is 0 Å². The minimum absolute atomic E-state index is 0.0335. The molecule has 2 aromatic rings. The van der Waals surface area contributed by atoms with E-state index in [0.717, 1.165) is 3.57 Å². The summed E-state index contributed by atoms with van der Waals surface area (Å²) in [6.45, 7) is 0. The number of benzene rings is 2. The van der Waals surface area contributed by atoms with Gasteiger partial charge >= 0.3 is 0 Å². The van der Waals surface area contributed by atoms with Crippen LogP contribution in [0.1, 0.15) is 21.5 Å². The first kappa shape index (κ1) is 14.4. The van der Waals surface area contributed by atoms with E-state index in [9.17, 15) is 9.18 Å². The van der Waals surface area contributed by atoms with Crippen molar-refractivity contribution in [2.24, 2.45) is 0 Å². The molecule has 0 fully saturated rings. The Morgan fingerprint density at radius 3 is 2.55 bits per heavy atom. The van der Waals surface area contributed by atoms with Crippen molar-refractivity contribution in [2.75, 3.05) is 0 Å². The number of carbonyl (C=O) groups excluding carboxylic acids is 1. The lowest BCUT2D eigenvalue weighted by atomic mass is 10.1. The van der Waals surface area contributed by atoms with E-state index in [4.69, 9.17) is 5.26 Å². The lowest BCUT2D eigenvalue weighted by molar-refractivity contribution is 0.104. The topological polar surface area (TPSA) is 40.9 Å². The number of nitrogens with zero attached hydrogens (tertiary/aromatic N) is 1. The van der Waals surface area contributed by atoms with Crippen LogP contribution in [0.15, 0.2) is 48.5 Å². The number of ketones is 1. The third kappa shape index (κ3) is 3.52. The van der Waals surface area contributed by atoms with Crippen LogP contribution in [-0.2, 0) is 0 Å². The Bertz CT molecular complexity index is 714. The van der Waals surface area contributed by atoms with E-state index in [1.807, 2.05) is 12.1 Å². The van der Waals surface area contributed by atoms with Gasteiger partial charge in [-0.05, 0) is 58.5 Å². The van der Waals surface area contributed by atoms with E-state index in [0.29, 0.717) is 11.1 Å². The average molecular weight is 377 g/mol. The molecule has 0 heterocycles. The molecule has 4 heteroatoms. The average Bonchev–Trinajstić information content (AvgIpc) is 2.46. The maximum Gasteiger partial charge on any atom is 0.185 e. The fraction of sp³-hybridized carbons (Fsp3) is 0. The van der Waals surface area contributed by atoms with E-state index < -0.39 is 5.82 Å². The highest BCUT2D eigenvalue weighted by Crippen LogP contribution is 2.12. The lowest BCUT2D eigenvalue weighted by Crippen LogP contribution is -1.93. The Labute approximate surface area is 129 Å². The van der Waals surface area contributed by atoms with Crippen molar-refractivity contribution in [3.05, 3.63) is 74.6 Å². The molecule has 0 aliphatic rings. The van der Waals surface area contributed by atoms with Crippen LogP contribution in [0.5, 0.6) is 0 Å². The second kappa shape index (κ2) is 6.44. The second-order valence-electron chi connectivity index (χ2n) is 4.06. The Kier molecular flexibility index (Phi) is 4.64. The quantitative estimate of drug-likeness (QED) is 0.457. The van der Waals surface area contributed by atoms with Crippen LogP contribution in [0.3, 0.4) is 0 Å². The van der Waals surface area contributed by atoms with Gasteiger partial charge in [-0.1, -0.05) is 24.3 Å². The van der Waals surface area contributed by atoms with Crippen molar-refractivity contribution >= 4 is 34.5 Å². The van der Waals surface area contributed by atoms with Gasteiger partial charge in [-0.15, -0.1) is 0 Å². The zero-order valence-corrected chi connectivity index (χ0v) is 12.5. The Hall–Kier alpha value is -2.00. The maximum atomic E-state index is 13.2. The van der Waals surface area contributed by atoms with Gasteiger partial charge in [0, 0.05) is 9.13 Å². The van der Waals surface area contributed by atoms with Gasteiger partial charge in [0.25, 0.3) is 0 Å². The number of hydrogen-bond acceptors (Lipinski definition) is 2. The minimum atomic E-state index is -0.561. The van der Waals surface area contributed by atoms with Crippen molar-refractivity contribution < 1.29 is 9.18 Å². The fourth-order valence-electron chi connectivity index (χ4n) is 1.61. The molecule has 0 N–H and O–H groups in total. The highest BCUT2D eigenvalue weighted by molar-refractivity contribution is 14.1. The zero-order valence-electron chi connectivity index (χ0n) is 10.3. The van der Waals surface area contributed by atoms with Crippen molar-refractivity contribution in [3.63, 3.8) is 0 Å². The molecule has 0 atom stereocenters. The Morgan fingerprint density at radius 1 is 1.20 bits per heavy atom. The molecule has 0 spiro atoms. The summed E-state index contributed by atoms with van der Waals surface area (Å²) in [7, 11) is 0. The van der Waals surface area contributed by atoms with Gasteiger partial charge < -0.3 is 0 Å². The second-order valence-corrected chi connectivity index (χ2v) is 5.30. The Morgan fingerprint density at radius 2 is 1.90 bits per heavy atom. The summed E-state index contributed by atoms with van der Waals surface area (Å²) in [4.78, 5) is 11.9. The van der Waals surface area contributed by atoms with Crippen molar-refractivity contribution in [1.29, 1.82) is 5.26 Å². The van der Waals surface area contributed by atoms with E-state index >= 15 is 0 Å². The van der Waals surface area contributed by atoms with E-state index in [2.05, 4.69) is 22.6 Å². The molecule has 2 rings (SSSR count). The zero-order chi connectivity index (χ0) is 14.5. The summed E-state index contributed by atoms with van der Waals surface area (Å²) in [5.74, 6) is -0.696. The molecule has 0 bridgehead atoms. The normalized spacial score (nSPS) is 10.4. The van der Waals surface area contributed by atoms with Gasteiger partial charge in [0.1, 0.15) is 11.9 Å². The van der Waals surface area contributed by atoms with Gasteiger partial charge in [0.15, 0.2) is 5.78 Å². The monoisotopic (exact) mass is 377 g/mol. The number of halogens is 2. The van der Waals surface area contributed by atoms with E-state index in [1.165, 1.54) is 24.3 Å². The predicted octanol–water partition coefficient (Wildman–Crippen LogP) is 4.20. The van der Waals surface area contributed by atoms with Crippen LogP contribution in [0.2, 0.25) is 0 Å². The molecule has 0 aromatic heterocycles. The summed E-state index contributed by atoms with van der Waals surface area (Å²) in [6.07, 6.45) is 2.98. The highest BCUT2D eigenvalue weighted by Gasteiger charge is 2.03. The van der Waals surface area contributed by atoms with Gasteiger partial charge in [-0.3, -0.25) is 4.79 Å². The molecule has 0 amide bonds. The summed E-state index contributed by atoms with van der Waals surface area (Å²) in [5.41, 5.74) is 1.17. The third-order valence-electron chi connectivity index (χ3n) is 2.67. The van der Waals surface area contributed by atoms with Gasteiger partial charge in [-0.2, -0.15) is 5.26 Å². The van der Waals surface area contributed by atoms with Crippen LogP contribution in [-0.4, -0.2) is 5.78 Å². The van der Waals surface area contributed by atoms with Crippen molar-refractivity contribution in [3.8, 4) is 6.07 Å². The number of rotatable bonds is 3. The highest BCUT2D eigenvalue weighted by atomic mass is 127. The summed E-state index contributed by atoms with van der Waals surface area (Å²) in [6, 6.07) is 13.1. The van der Waals surface area contributed by atoms with Crippen LogP contribution < -0.4 is 0 Å². The van der Waals surface area contributed by atoms with Crippen molar-refractivity contribution in [2.45, 2.75) is 0 Å². The summed E-state index contributed by atoms with van der Waals surface area (Å²) in [5, 5.41) is 8.74. The number of hydrogen-bond donors (Lipinski definition) is 0. The first-order valence-corrected chi connectivity index (χ1v) is 6.85. The fourth-order valence-corrected chi connectivity index (χ4v) is 1.97. The predicted molar refractivity (Wildman–Crippen MR) is 83.6 cm³/mol. The Balaban J connectivity index is 2.19. The molecule has 0 unspecified atom stereocenters. The molecular formula is C16H9FINO. The molecule has 2 aromatic carbocycles. The first-order valence-electron chi connectivity index (χ1n) is 5.78. The molecule has 98 valence electrons. The number of carbonyl (C=O) groups is 1. The van der Waals surface area contributed by atoms with Crippen LogP contribution in [0.25, 0.3) is 6.08 Å².